The van der Waals surface area contributed by atoms with E-state index in [2.05, 4.69) is 15.6 Å². The monoisotopic (exact) mass is 607 g/mol. The van der Waals surface area contributed by atoms with Crippen molar-refractivity contribution in [1.29, 1.82) is 0 Å². The maximum atomic E-state index is 13.3. The lowest BCUT2D eigenvalue weighted by molar-refractivity contribution is -0.528. The highest BCUT2D eigenvalue weighted by molar-refractivity contribution is 5.77. The fourth-order valence-electron chi connectivity index (χ4n) is 6.33. The Morgan fingerprint density at radius 1 is 0.976 bits per heavy atom. The summed E-state index contributed by atoms with van der Waals surface area (Å²) in [5, 5.41) is 92.0. The number of hydrogen-bond acceptors (Lipinski definition) is 15. The van der Waals surface area contributed by atoms with Gasteiger partial charge in [-0.1, -0.05) is 0 Å². The molecule has 0 spiro atoms. The number of amidine groups is 1. The Morgan fingerprint density at radius 2 is 1.64 bits per heavy atom. The number of rotatable bonds is 8. The van der Waals surface area contributed by atoms with E-state index in [-0.39, 0.29) is 6.02 Å². The Kier molecular flexibility index (Phi) is 10.3. The first-order valence-corrected chi connectivity index (χ1v) is 13.5. The van der Waals surface area contributed by atoms with E-state index >= 15 is 0 Å². The van der Waals surface area contributed by atoms with Crippen LogP contribution in [0.3, 0.4) is 0 Å². The van der Waals surface area contributed by atoms with E-state index in [0.29, 0.717) is 0 Å². The standard InChI is InChI=1S/C24H39N4O14/c1-7(32)26-13-18(36)16(34)10(5-30)40-23(13)41-21-11(6-31)39-22(38)15(19(21)37)28(8(2)33)14-9(4-29)20-12(17(14)35)27-24(25-3)42-20/h9-23,29-31,34-37H,4-6H2,1-3H3,(H,25,27)(H,26,32)/q-1/t9-,10-,11-,12-,13-,14-,15-,16-,17+,18-,19-,20+,21-,22-,23+/m1/s1. The molecule has 4 aliphatic rings. The highest BCUT2D eigenvalue weighted by Gasteiger charge is 2.60. The topological polar surface area (TPSA) is 275 Å². The zero-order chi connectivity index (χ0) is 31.0. The summed E-state index contributed by atoms with van der Waals surface area (Å²) in [5.74, 6) is -2.34. The van der Waals surface area contributed by atoms with Crippen molar-refractivity contribution >= 4 is 17.8 Å². The minimum atomic E-state index is -2.16. The normalized spacial score (nSPS) is 46.1. The molecule has 0 bridgehead atoms. The summed E-state index contributed by atoms with van der Waals surface area (Å²) in [6.07, 6.45) is -15.7. The van der Waals surface area contributed by atoms with Crippen LogP contribution in [0.15, 0.2) is 4.99 Å². The first-order chi connectivity index (χ1) is 19.9. The van der Waals surface area contributed by atoms with Crippen LogP contribution in [0, 0.1) is 5.92 Å². The van der Waals surface area contributed by atoms with Gasteiger partial charge in [-0.05, 0) is 0 Å². The molecule has 240 valence electrons. The van der Waals surface area contributed by atoms with Crippen molar-refractivity contribution in [2.24, 2.45) is 10.9 Å². The van der Waals surface area contributed by atoms with E-state index in [1.807, 2.05) is 0 Å². The quantitative estimate of drug-likeness (QED) is 0.124. The fourth-order valence-corrected chi connectivity index (χ4v) is 6.33. The van der Waals surface area contributed by atoms with E-state index in [4.69, 9.17) is 18.9 Å². The molecule has 15 atom stereocenters. The lowest BCUT2D eigenvalue weighted by Crippen LogP contribution is -2.73. The lowest BCUT2D eigenvalue weighted by Gasteiger charge is -2.54. The van der Waals surface area contributed by atoms with Gasteiger partial charge < -0.3 is 75.3 Å². The number of fused-ring (bicyclic) bond motifs is 1. The van der Waals surface area contributed by atoms with Crippen molar-refractivity contribution in [1.82, 2.24) is 15.5 Å². The van der Waals surface area contributed by atoms with Gasteiger partial charge in [0.2, 0.25) is 11.8 Å². The number of aliphatic imine (C=N–C) groups is 1. The van der Waals surface area contributed by atoms with Gasteiger partial charge in [-0.15, -0.1) is 0 Å². The molecule has 1 aliphatic carbocycles. The molecule has 9 N–H and O–H groups in total. The van der Waals surface area contributed by atoms with Gasteiger partial charge in [-0.3, -0.25) is 9.59 Å². The molecule has 1 saturated carbocycles. The Labute approximate surface area is 240 Å². The molecule has 0 radical (unpaired) electrons. The third-order valence-electron chi connectivity index (χ3n) is 8.25. The van der Waals surface area contributed by atoms with Crippen LogP contribution >= 0.6 is 0 Å². The molecule has 3 heterocycles. The molecule has 0 unspecified atom stereocenters. The molecule has 3 saturated heterocycles. The molecule has 4 rings (SSSR count). The van der Waals surface area contributed by atoms with Gasteiger partial charge >= 0.3 is 0 Å². The van der Waals surface area contributed by atoms with Gasteiger partial charge in [0, 0.05) is 33.1 Å². The minimum Gasteiger partial charge on any atom is -0.829 e. The summed E-state index contributed by atoms with van der Waals surface area (Å²) < 4.78 is 22.5. The number of aliphatic hydroxyl groups excluding tert-OH is 7. The number of nitrogens with zero attached hydrogens (tertiary/aromatic N) is 2. The predicted octanol–water partition coefficient (Wildman–Crippen LogP) is -7.33. The van der Waals surface area contributed by atoms with Gasteiger partial charge in [0.15, 0.2) is 6.29 Å². The smallest absolute Gasteiger partial charge is 0.285 e. The maximum absolute atomic E-state index is 13.3. The zero-order valence-electron chi connectivity index (χ0n) is 23.2. The van der Waals surface area contributed by atoms with E-state index in [1.165, 1.54) is 7.05 Å². The third kappa shape index (κ3) is 5.81. The lowest BCUT2D eigenvalue weighted by atomic mass is 9.91. The second-order valence-corrected chi connectivity index (χ2v) is 10.8. The van der Waals surface area contributed by atoms with Crippen LogP contribution in [0.1, 0.15) is 13.8 Å². The number of hydrogen-bond donors (Lipinski definition) is 9. The van der Waals surface area contributed by atoms with E-state index in [0.717, 1.165) is 18.7 Å². The number of nitrogens with one attached hydrogen (secondary N) is 2. The Balaban J connectivity index is 1.65. The first kappa shape index (κ1) is 32.7. The number of ether oxygens (including phenoxy) is 4. The summed E-state index contributed by atoms with van der Waals surface area (Å²) in [6, 6.07) is -5.10. The second kappa shape index (κ2) is 13.2. The van der Waals surface area contributed by atoms with Crippen LogP contribution < -0.4 is 15.7 Å². The number of aliphatic hydroxyl groups is 7. The molecule has 2 amide bonds. The third-order valence-corrected chi connectivity index (χ3v) is 8.25. The SMILES string of the molecule is CN=C1N[C@@H]2[C@H](O)[C@H](N(C(C)=O)[C@@H]3[C@@H](O)[C@H](O[C@@H]4O[C@H](CO)[C@@H](O)[C@H](O)[C@H]4NC(C)=O)[C@@H](CO)O[C@H]3[O-])[C@@H](CO)[C@@H]2O1. The molecule has 18 nitrogen and oxygen atoms in total. The molecule has 3 aliphatic heterocycles. The van der Waals surface area contributed by atoms with Crippen LogP contribution in [0.2, 0.25) is 0 Å². The van der Waals surface area contributed by atoms with Crippen molar-refractivity contribution in [3.8, 4) is 0 Å². The predicted molar refractivity (Wildman–Crippen MR) is 134 cm³/mol. The zero-order valence-corrected chi connectivity index (χ0v) is 23.2. The molecular formula is C24H39N4O14-. The van der Waals surface area contributed by atoms with Crippen molar-refractivity contribution in [3.63, 3.8) is 0 Å². The average Bonchev–Trinajstić information content (AvgIpc) is 3.48. The van der Waals surface area contributed by atoms with Gasteiger partial charge in [-0.2, -0.15) is 0 Å². The van der Waals surface area contributed by atoms with E-state index in [9.17, 15) is 50.4 Å². The van der Waals surface area contributed by atoms with Crippen molar-refractivity contribution in [3.05, 3.63) is 0 Å². The van der Waals surface area contributed by atoms with Gasteiger partial charge in [0.1, 0.15) is 48.8 Å². The van der Waals surface area contributed by atoms with Gasteiger partial charge in [0.25, 0.3) is 6.02 Å². The van der Waals surface area contributed by atoms with Gasteiger partial charge in [-0.25, -0.2) is 4.99 Å². The van der Waals surface area contributed by atoms with Crippen LogP contribution in [-0.4, -0.2) is 171 Å². The van der Waals surface area contributed by atoms with Crippen LogP contribution in [0.25, 0.3) is 0 Å². The maximum Gasteiger partial charge on any atom is 0.285 e. The van der Waals surface area contributed by atoms with Crippen molar-refractivity contribution in [2.75, 3.05) is 26.9 Å². The Morgan fingerprint density at radius 3 is 2.19 bits per heavy atom. The van der Waals surface area contributed by atoms with Crippen LogP contribution in [0.5, 0.6) is 0 Å². The molecule has 18 heteroatoms. The molecule has 0 aromatic rings. The second-order valence-electron chi connectivity index (χ2n) is 10.8. The van der Waals surface area contributed by atoms with Crippen LogP contribution in [0.4, 0.5) is 0 Å². The van der Waals surface area contributed by atoms with Crippen molar-refractivity contribution < 1.29 is 69.4 Å². The molecule has 4 fully saturated rings. The molecule has 0 aromatic heterocycles. The summed E-state index contributed by atoms with van der Waals surface area (Å²) in [5.41, 5.74) is 0. The minimum absolute atomic E-state index is 0.118. The molecule has 0 aromatic carbocycles. The van der Waals surface area contributed by atoms with E-state index < -0.39 is 123 Å². The average molecular weight is 608 g/mol. The highest BCUT2D eigenvalue weighted by atomic mass is 16.7. The fraction of sp³-hybridized carbons (Fsp3) is 0.875. The summed E-state index contributed by atoms with van der Waals surface area (Å²) in [4.78, 5) is 29.7. The van der Waals surface area contributed by atoms with Crippen molar-refractivity contribution in [2.45, 2.75) is 99.4 Å². The number of carbonyl (C=O) groups is 2. The number of amides is 2. The van der Waals surface area contributed by atoms with E-state index in [1.54, 1.807) is 0 Å². The summed E-state index contributed by atoms with van der Waals surface area (Å²) >= 11 is 0. The Bertz CT molecular complexity index is 1010. The first-order valence-electron chi connectivity index (χ1n) is 13.5. The van der Waals surface area contributed by atoms with Crippen LogP contribution in [-0.2, 0) is 28.5 Å². The number of carbonyl (C=O) groups excluding carboxylic acids is 2. The largest absolute Gasteiger partial charge is 0.829 e. The van der Waals surface area contributed by atoms with Gasteiger partial charge in [0.05, 0.1) is 44.1 Å². The Hall–Kier alpha value is -2.23. The molecular weight excluding hydrogens is 568 g/mol. The highest BCUT2D eigenvalue weighted by Crippen LogP contribution is 2.39. The summed E-state index contributed by atoms with van der Waals surface area (Å²) in [7, 11) is 1.45. The molecule has 42 heavy (non-hydrogen) atoms. The summed E-state index contributed by atoms with van der Waals surface area (Å²) in [6.45, 7) is 0.0451.